The Hall–Kier alpha value is -1.16. The molecule has 1 aromatic rings. The molecule has 0 spiro atoms. The molecule has 0 aromatic heterocycles. The van der Waals surface area contributed by atoms with Crippen molar-refractivity contribution in [2.45, 2.75) is 6.10 Å². The predicted molar refractivity (Wildman–Crippen MR) is 47.5 cm³/mol. The van der Waals surface area contributed by atoms with Crippen LogP contribution in [0.15, 0.2) is 29.4 Å². The molecule has 12 heavy (non-hydrogen) atoms. The fraction of sp³-hybridized carbons (Fsp3) is 0.250. The van der Waals surface area contributed by atoms with E-state index in [1.54, 1.807) is 24.3 Å². The third-order valence-corrected chi connectivity index (χ3v) is 1.57. The molecule has 0 heterocycles. The average molecular weight is 161 g/mol. The Morgan fingerprint density at radius 3 is 2.50 bits per heavy atom. The molecule has 2 radical (unpaired) electrons. The zero-order valence-corrected chi connectivity index (χ0v) is 6.47. The lowest BCUT2D eigenvalue weighted by Gasteiger charge is -2.05. The Morgan fingerprint density at radius 1 is 1.42 bits per heavy atom. The first-order valence-corrected chi connectivity index (χ1v) is 3.56. The molecule has 1 rings (SSSR count). The molecule has 4 heteroatoms. The molecule has 1 aromatic carbocycles. The van der Waals surface area contributed by atoms with Gasteiger partial charge in [-0.3, -0.25) is 0 Å². The van der Waals surface area contributed by atoms with Gasteiger partial charge in [0, 0.05) is 0 Å². The number of aliphatic hydroxyl groups is 1. The molecular formula is C8H8BNO2. The largest absolute Gasteiger partial charge is 0.386 e. The first kappa shape index (κ1) is 8.94. The lowest BCUT2D eigenvalue weighted by molar-refractivity contribution is 0.187. The number of benzene rings is 1. The minimum Gasteiger partial charge on any atom is -0.386 e. The normalized spacial score (nSPS) is 12.4. The minimum atomic E-state index is -0.817. The van der Waals surface area contributed by atoms with Crippen molar-refractivity contribution in [1.82, 2.24) is 0 Å². The number of rotatable bonds is 3. The van der Waals surface area contributed by atoms with Crippen LogP contribution < -0.4 is 5.46 Å². The summed E-state index contributed by atoms with van der Waals surface area (Å²) in [6.07, 6.45) is -0.817. The average Bonchev–Trinajstić information content (AvgIpc) is 2.06. The predicted octanol–water partition coefficient (Wildman–Crippen LogP) is 0.280. The van der Waals surface area contributed by atoms with Crippen molar-refractivity contribution < 1.29 is 5.11 Å². The summed E-state index contributed by atoms with van der Waals surface area (Å²) in [5.74, 6) is 0. The topological polar surface area (TPSA) is 49.7 Å². The Labute approximate surface area is 71.8 Å². The van der Waals surface area contributed by atoms with E-state index in [-0.39, 0.29) is 6.54 Å². The molecule has 0 saturated heterocycles. The summed E-state index contributed by atoms with van der Waals surface area (Å²) in [6.45, 7) is -0.121. The van der Waals surface area contributed by atoms with E-state index in [9.17, 15) is 10.0 Å². The summed E-state index contributed by atoms with van der Waals surface area (Å²) in [6, 6.07) is 6.68. The minimum absolute atomic E-state index is 0.121. The van der Waals surface area contributed by atoms with Crippen LogP contribution in [0.4, 0.5) is 0 Å². The smallest absolute Gasteiger partial charge is 0.113 e. The van der Waals surface area contributed by atoms with E-state index in [0.717, 1.165) is 0 Å². The van der Waals surface area contributed by atoms with E-state index in [4.69, 9.17) is 7.85 Å². The second-order valence-electron chi connectivity index (χ2n) is 2.49. The van der Waals surface area contributed by atoms with Gasteiger partial charge in [0.15, 0.2) is 0 Å². The molecule has 1 atom stereocenters. The molecule has 0 fully saturated rings. The monoisotopic (exact) mass is 161 g/mol. The van der Waals surface area contributed by atoms with Gasteiger partial charge in [0.25, 0.3) is 0 Å². The Bertz CT molecular complexity index is 260. The van der Waals surface area contributed by atoms with Crippen molar-refractivity contribution in [3.05, 3.63) is 34.7 Å². The molecule has 1 N–H and O–H groups in total. The summed E-state index contributed by atoms with van der Waals surface area (Å²) < 4.78 is 0. The van der Waals surface area contributed by atoms with Gasteiger partial charge in [0.2, 0.25) is 0 Å². The first-order chi connectivity index (χ1) is 5.74. The molecule has 3 nitrogen and oxygen atoms in total. The highest BCUT2D eigenvalue weighted by Gasteiger charge is 2.05. The standard InChI is InChI=1S/C8H8BNO2/c9-7-3-1-6(2-4-7)8(11)5-10-12/h1-4,8,11H,5H2. The summed E-state index contributed by atoms with van der Waals surface area (Å²) in [5, 5.41) is 11.9. The molecule has 0 bridgehead atoms. The van der Waals surface area contributed by atoms with Gasteiger partial charge < -0.3 is 5.11 Å². The van der Waals surface area contributed by atoms with Gasteiger partial charge in [-0.2, -0.15) is 4.91 Å². The zero-order chi connectivity index (χ0) is 8.97. The van der Waals surface area contributed by atoms with E-state index in [1.165, 1.54) is 0 Å². The summed E-state index contributed by atoms with van der Waals surface area (Å²) in [4.78, 5) is 9.82. The summed E-state index contributed by atoms with van der Waals surface area (Å²) in [5.41, 5.74) is 1.29. The molecular weight excluding hydrogens is 153 g/mol. The van der Waals surface area contributed by atoms with E-state index in [0.29, 0.717) is 11.0 Å². The number of aliphatic hydroxyl groups excluding tert-OH is 1. The van der Waals surface area contributed by atoms with E-state index in [2.05, 4.69) is 5.18 Å². The molecule has 0 aliphatic carbocycles. The van der Waals surface area contributed by atoms with Crippen molar-refractivity contribution in [2.75, 3.05) is 6.54 Å². The van der Waals surface area contributed by atoms with Crippen LogP contribution in [0, 0.1) is 4.91 Å². The number of hydrogen-bond acceptors (Lipinski definition) is 3. The van der Waals surface area contributed by atoms with Crippen LogP contribution in [-0.2, 0) is 0 Å². The van der Waals surface area contributed by atoms with Crippen LogP contribution in [-0.4, -0.2) is 19.5 Å². The third kappa shape index (κ3) is 2.17. The quantitative estimate of drug-likeness (QED) is 0.511. The van der Waals surface area contributed by atoms with E-state index in [1.807, 2.05) is 0 Å². The lowest BCUT2D eigenvalue weighted by Crippen LogP contribution is -2.05. The maximum absolute atomic E-state index is 9.82. The number of nitrogens with zero attached hydrogens (tertiary/aromatic N) is 1. The molecule has 0 aliphatic rings. The van der Waals surface area contributed by atoms with Gasteiger partial charge in [-0.15, -0.1) is 0 Å². The zero-order valence-electron chi connectivity index (χ0n) is 6.47. The highest BCUT2D eigenvalue weighted by molar-refractivity contribution is 6.32. The van der Waals surface area contributed by atoms with E-state index >= 15 is 0 Å². The maximum atomic E-state index is 9.82. The van der Waals surface area contributed by atoms with Crippen LogP contribution in [0.5, 0.6) is 0 Å². The van der Waals surface area contributed by atoms with E-state index < -0.39 is 6.10 Å². The second kappa shape index (κ2) is 4.02. The van der Waals surface area contributed by atoms with Crippen LogP contribution in [0.3, 0.4) is 0 Å². The third-order valence-electron chi connectivity index (χ3n) is 1.57. The Kier molecular flexibility index (Phi) is 2.99. The van der Waals surface area contributed by atoms with Crippen LogP contribution in [0.1, 0.15) is 11.7 Å². The fourth-order valence-corrected chi connectivity index (χ4v) is 0.894. The van der Waals surface area contributed by atoms with Gasteiger partial charge in [-0.05, 0) is 5.56 Å². The fourth-order valence-electron chi connectivity index (χ4n) is 0.894. The number of hydrogen-bond donors (Lipinski definition) is 1. The molecule has 0 aliphatic heterocycles. The van der Waals surface area contributed by atoms with Gasteiger partial charge in [0.05, 0.1) is 0 Å². The van der Waals surface area contributed by atoms with Crippen LogP contribution >= 0.6 is 0 Å². The Morgan fingerprint density at radius 2 is 2.00 bits per heavy atom. The summed E-state index contributed by atoms with van der Waals surface area (Å²) in [7, 11) is 5.43. The molecule has 60 valence electrons. The SMILES string of the molecule is [B]c1ccc(C(O)CN=O)cc1. The van der Waals surface area contributed by atoms with Gasteiger partial charge in [-0.1, -0.05) is 34.9 Å². The van der Waals surface area contributed by atoms with Gasteiger partial charge in [0.1, 0.15) is 20.5 Å². The number of nitroso groups, excluding NO2 is 1. The Balaban J connectivity index is 2.74. The van der Waals surface area contributed by atoms with Crippen LogP contribution in [0.25, 0.3) is 0 Å². The highest BCUT2D eigenvalue weighted by atomic mass is 16.3. The van der Waals surface area contributed by atoms with Crippen molar-refractivity contribution in [2.24, 2.45) is 5.18 Å². The van der Waals surface area contributed by atoms with Crippen molar-refractivity contribution in [3.8, 4) is 0 Å². The van der Waals surface area contributed by atoms with Crippen molar-refractivity contribution in [1.29, 1.82) is 0 Å². The van der Waals surface area contributed by atoms with Crippen LogP contribution in [0.2, 0.25) is 0 Å². The maximum Gasteiger partial charge on any atom is 0.113 e. The first-order valence-electron chi connectivity index (χ1n) is 3.56. The molecule has 0 amide bonds. The summed E-state index contributed by atoms with van der Waals surface area (Å²) >= 11 is 0. The lowest BCUT2D eigenvalue weighted by atomic mass is 9.94. The van der Waals surface area contributed by atoms with Crippen molar-refractivity contribution in [3.63, 3.8) is 0 Å². The molecule has 0 saturated carbocycles. The second-order valence-corrected chi connectivity index (χ2v) is 2.49. The highest BCUT2D eigenvalue weighted by Crippen LogP contribution is 2.10. The molecule has 1 unspecified atom stereocenters. The van der Waals surface area contributed by atoms with Crippen molar-refractivity contribution >= 4 is 13.3 Å². The van der Waals surface area contributed by atoms with Gasteiger partial charge in [-0.25, -0.2) is 0 Å². The van der Waals surface area contributed by atoms with Gasteiger partial charge >= 0.3 is 0 Å².